The van der Waals surface area contributed by atoms with Crippen LogP contribution in [0.25, 0.3) is 0 Å². The maximum absolute atomic E-state index is 12.0. The van der Waals surface area contributed by atoms with Crippen LogP contribution < -0.4 is 15.2 Å². The second-order valence-electron chi connectivity index (χ2n) is 4.32. The molecule has 3 N–H and O–H groups in total. The van der Waals surface area contributed by atoms with Crippen molar-refractivity contribution >= 4 is 10.0 Å². The maximum Gasteiger partial charge on any atom is 0.244 e. The number of ether oxygens (including phenoxy) is 1. The quantitative estimate of drug-likeness (QED) is 0.856. The molecular weight excluding hydrogens is 252 g/mol. The number of rotatable bonds is 3. The van der Waals surface area contributed by atoms with Gasteiger partial charge in [0.05, 0.1) is 6.61 Å². The monoisotopic (exact) mass is 270 g/mol. The predicted molar refractivity (Wildman–Crippen MR) is 69.1 cm³/mol. The SMILES string of the molecule is CCc1cc2c(c(S(=O)(=O)NC)c1)OCCC2N. The highest BCUT2D eigenvalue weighted by molar-refractivity contribution is 7.89. The van der Waals surface area contributed by atoms with Gasteiger partial charge in [-0.2, -0.15) is 0 Å². The summed E-state index contributed by atoms with van der Waals surface area (Å²) in [5, 5.41) is 0. The van der Waals surface area contributed by atoms with Gasteiger partial charge in [-0.15, -0.1) is 0 Å². The molecule has 0 spiro atoms. The first-order valence-corrected chi connectivity index (χ1v) is 7.46. The van der Waals surface area contributed by atoms with Crippen molar-refractivity contribution in [3.63, 3.8) is 0 Å². The van der Waals surface area contributed by atoms with Crippen LogP contribution in [0, 0.1) is 0 Å². The zero-order valence-electron chi connectivity index (χ0n) is 10.6. The van der Waals surface area contributed by atoms with Crippen molar-refractivity contribution in [2.45, 2.75) is 30.7 Å². The molecule has 0 amide bonds. The molecule has 0 saturated carbocycles. The minimum atomic E-state index is -3.53. The van der Waals surface area contributed by atoms with Crippen LogP contribution in [0.5, 0.6) is 5.75 Å². The zero-order valence-corrected chi connectivity index (χ0v) is 11.4. The lowest BCUT2D eigenvalue weighted by Gasteiger charge is -2.25. The Labute approximate surface area is 107 Å². The van der Waals surface area contributed by atoms with Gasteiger partial charge in [0.25, 0.3) is 0 Å². The van der Waals surface area contributed by atoms with E-state index in [9.17, 15) is 8.42 Å². The van der Waals surface area contributed by atoms with Gasteiger partial charge in [0, 0.05) is 18.0 Å². The highest BCUT2D eigenvalue weighted by atomic mass is 32.2. The molecule has 100 valence electrons. The van der Waals surface area contributed by atoms with E-state index in [1.165, 1.54) is 7.05 Å². The van der Waals surface area contributed by atoms with E-state index in [1.807, 2.05) is 13.0 Å². The number of nitrogens with two attached hydrogens (primary N) is 1. The molecule has 6 heteroatoms. The Morgan fingerprint density at radius 2 is 2.22 bits per heavy atom. The highest BCUT2D eigenvalue weighted by Crippen LogP contribution is 2.37. The van der Waals surface area contributed by atoms with E-state index in [4.69, 9.17) is 10.5 Å². The van der Waals surface area contributed by atoms with E-state index in [2.05, 4.69) is 4.72 Å². The Hall–Kier alpha value is -1.11. The molecule has 0 bridgehead atoms. The minimum absolute atomic E-state index is 0.161. The second kappa shape index (κ2) is 4.87. The summed E-state index contributed by atoms with van der Waals surface area (Å²) in [5.41, 5.74) is 7.76. The normalized spacial score (nSPS) is 19.2. The lowest BCUT2D eigenvalue weighted by atomic mass is 9.98. The second-order valence-corrected chi connectivity index (χ2v) is 6.17. The van der Waals surface area contributed by atoms with Crippen LogP contribution >= 0.6 is 0 Å². The van der Waals surface area contributed by atoms with Gasteiger partial charge in [0.2, 0.25) is 10.0 Å². The summed E-state index contributed by atoms with van der Waals surface area (Å²) in [5.74, 6) is 0.403. The molecule has 0 saturated heterocycles. The fourth-order valence-electron chi connectivity index (χ4n) is 2.07. The molecule has 0 radical (unpaired) electrons. The molecule has 5 nitrogen and oxygen atoms in total. The molecular formula is C12H18N2O3S. The van der Waals surface area contributed by atoms with Gasteiger partial charge < -0.3 is 10.5 Å². The lowest BCUT2D eigenvalue weighted by Crippen LogP contribution is -2.25. The van der Waals surface area contributed by atoms with E-state index in [0.29, 0.717) is 18.8 Å². The Kier molecular flexibility index (Phi) is 3.61. The summed E-state index contributed by atoms with van der Waals surface area (Å²) in [6, 6.07) is 3.43. The summed E-state index contributed by atoms with van der Waals surface area (Å²) in [7, 11) is -2.13. The van der Waals surface area contributed by atoms with Crippen molar-refractivity contribution < 1.29 is 13.2 Å². The standard InChI is InChI=1S/C12H18N2O3S/c1-3-8-6-9-10(13)4-5-17-12(9)11(7-8)18(15,16)14-2/h6-7,10,14H,3-5,13H2,1-2H3. The fraction of sp³-hybridized carbons (Fsp3) is 0.500. The number of hydrogen-bond acceptors (Lipinski definition) is 4. The van der Waals surface area contributed by atoms with Gasteiger partial charge in [-0.3, -0.25) is 0 Å². The van der Waals surface area contributed by atoms with Crippen molar-refractivity contribution in [3.8, 4) is 5.75 Å². The Morgan fingerprint density at radius 3 is 2.83 bits per heavy atom. The van der Waals surface area contributed by atoms with Crippen LogP contribution in [-0.2, 0) is 16.4 Å². The van der Waals surface area contributed by atoms with Gasteiger partial charge >= 0.3 is 0 Å². The van der Waals surface area contributed by atoms with Crippen molar-refractivity contribution in [1.82, 2.24) is 4.72 Å². The van der Waals surface area contributed by atoms with Gasteiger partial charge in [0.1, 0.15) is 10.6 Å². The highest BCUT2D eigenvalue weighted by Gasteiger charge is 2.27. The molecule has 0 aliphatic carbocycles. The number of fused-ring (bicyclic) bond motifs is 1. The Balaban J connectivity index is 2.69. The number of sulfonamides is 1. The molecule has 1 aliphatic heterocycles. The third-order valence-corrected chi connectivity index (χ3v) is 4.60. The number of hydrogen-bond donors (Lipinski definition) is 2. The molecule has 1 aromatic carbocycles. The lowest BCUT2D eigenvalue weighted by molar-refractivity contribution is 0.261. The molecule has 1 heterocycles. The third-order valence-electron chi connectivity index (χ3n) is 3.18. The van der Waals surface area contributed by atoms with Gasteiger partial charge in [-0.1, -0.05) is 13.0 Å². The summed E-state index contributed by atoms with van der Waals surface area (Å²) < 4.78 is 31.9. The predicted octanol–water partition coefficient (Wildman–Crippen LogP) is 0.939. The van der Waals surface area contributed by atoms with Crippen molar-refractivity contribution in [2.75, 3.05) is 13.7 Å². The molecule has 2 rings (SSSR count). The Morgan fingerprint density at radius 1 is 1.50 bits per heavy atom. The number of aryl methyl sites for hydroxylation is 1. The molecule has 1 atom stereocenters. The van der Waals surface area contributed by atoms with Gasteiger partial charge in [-0.25, -0.2) is 13.1 Å². The van der Waals surface area contributed by atoms with E-state index in [1.54, 1.807) is 6.07 Å². The van der Waals surface area contributed by atoms with Crippen molar-refractivity contribution in [1.29, 1.82) is 0 Å². The zero-order chi connectivity index (χ0) is 13.3. The summed E-state index contributed by atoms with van der Waals surface area (Å²) in [4.78, 5) is 0.189. The fourth-order valence-corrected chi connectivity index (χ4v) is 3.02. The maximum atomic E-state index is 12.0. The van der Waals surface area contributed by atoms with Crippen molar-refractivity contribution in [2.24, 2.45) is 5.73 Å². The van der Waals surface area contributed by atoms with Gasteiger partial charge in [-0.05, 0) is 25.1 Å². The molecule has 0 fully saturated rings. The average molecular weight is 270 g/mol. The van der Waals surface area contributed by atoms with Crippen molar-refractivity contribution in [3.05, 3.63) is 23.3 Å². The summed E-state index contributed by atoms with van der Waals surface area (Å²) in [6.07, 6.45) is 1.46. The van der Waals surface area contributed by atoms with Crippen LogP contribution in [0.1, 0.15) is 30.5 Å². The smallest absolute Gasteiger partial charge is 0.244 e. The van der Waals surface area contributed by atoms with Gasteiger partial charge in [0.15, 0.2) is 0 Å². The van der Waals surface area contributed by atoms with Crippen LogP contribution in [0.2, 0.25) is 0 Å². The van der Waals surface area contributed by atoms with E-state index < -0.39 is 10.0 Å². The summed E-state index contributed by atoms with van der Waals surface area (Å²) >= 11 is 0. The van der Waals surface area contributed by atoms with Crippen LogP contribution in [0.15, 0.2) is 17.0 Å². The molecule has 1 unspecified atom stereocenters. The van der Waals surface area contributed by atoms with E-state index in [-0.39, 0.29) is 10.9 Å². The number of benzene rings is 1. The van der Waals surface area contributed by atoms with Crippen LogP contribution in [0.3, 0.4) is 0 Å². The molecule has 1 aliphatic rings. The van der Waals surface area contributed by atoms with Crippen LogP contribution in [0.4, 0.5) is 0 Å². The van der Waals surface area contributed by atoms with E-state index >= 15 is 0 Å². The Bertz CT molecular complexity index is 555. The first-order chi connectivity index (χ1) is 8.49. The van der Waals surface area contributed by atoms with E-state index in [0.717, 1.165) is 17.5 Å². The first-order valence-electron chi connectivity index (χ1n) is 5.98. The molecule has 18 heavy (non-hydrogen) atoms. The largest absolute Gasteiger partial charge is 0.492 e. The average Bonchev–Trinajstić information content (AvgIpc) is 2.38. The molecule has 0 aromatic heterocycles. The minimum Gasteiger partial charge on any atom is -0.492 e. The number of nitrogens with one attached hydrogen (secondary N) is 1. The topological polar surface area (TPSA) is 81.4 Å². The third kappa shape index (κ3) is 2.23. The first kappa shape index (κ1) is 13.3. The summed E-state index contributed by atoms with van der Waals surface area (Å²) in [6.45, 7) is 2.43. The van der Waals surface area contributed by atoms with Crippen LogP contribution in [-0.4, -0.2) is 22.1 Å². The molecule has 1 aromatic rings.